The van der Waals surface area contributed by atoms with Gasteiger partial charge in [0.1, 0.15) is 29.0 Å². The SMILES string of the molecule is C.CC1(C)OB(c2cccnc2)OC1(C)C.COc1ccc(CNc2ncc(-c3cccnc3)cc2-c2ncsc2-c2cccc(Cl)c2Cl)cc1.COc1ccc(CNc2ncc(Br)cc2-c2ncsc2-c2cccc(Cl)c2Cl)cc1.Nc1ncc(-c2cccnc2)cc1-c1ncsc1-c1cccc(Cl)c1Cl. The number of pyridine rings is 6. The molecule has 16 nitrogen and oxygen atoms in total. The molecule has 1 fully saturated rings. The van der Waals surface area contributed by atoms with E-state index in [-0.39, 0.29) is 25.7 Å². The van der Waals surface area contributed by atoms with Gasteiger partial charge in [0.25, 0.3) is 0 Å². The first kappa shape index (κ1) is 79.1. The maximum absolute atomic E-state index is 6.57. The number of nitrogen functional groups attached to an aromatic ring is 1. The van der Waals surface area contributed by atoms with Crippen LogP contribution in [0.4, 0.5) is 17.5 Å². The second-order valence-electron chi connectivity index (χ2n) is 24.5. The number of methoxy groups -OCH3 is 2. The maximum Gasteiger partial charge on any atom is 0.496 e. The van der Waals surface area contributed by atoms with Crippen molar-refractivity contribution in [2.75, 3.05) is 30.6 Å². The zero-order valence-electron chi connectivity index (χ0n) is 57.5. The van der Waals surface area contributed by atoms with Crippen LogP contribution in [0.3, 0.4) is 0 Å². The summed E-state index contributed by atoms with van der Waals surface area (Å²) in [6.45, 7) is 9.39. The molecule has 0 aliphatic carbocycles. The number of nitrogens with two attached hydrogens (primary N) is 1. The normalized spacial score (nSPS) is 12.4. The van der Waals surface area contributed by atoms with Gasteiger partial charge in [0.15, 0.2) is 0 Å². The summed E-state index contributed by atoms with van der Waals surface area (Å²) in [6, 6.07) is 50.3. The largest absolute Gasteiger partial charge is 0.497 e. The van der Waals surface area contributed by atoms with Crippen LogP contribution in [0.15, 0.2) is 235 Å². The number of ether oxygens (including phenoxy) is 2. The molecule has 0 bridgehead atoms. The van der Waals surface area contributed by atoms with Crippen LogP contribution in [0.25, 0.3) is 87.3 Å². The molecular formula is C80H68BBrCl6N12O4S3. The zero-order valence-corrected chi connectivity index (χ0v) is 66.1. The minimum Gasteiger partial charge on any atom is -0.497 e. The highest BCUT2D eigenvalue weighted by atomic mass is 79.9. The first-order valence-electron chi connectivity index (χ1n) is 32.6. The lowest BCUT2D eigenvalue weighted by Crippen LogP contribution is -2.41. The average Bonchev–Trinajstić information content (AvgIpc) is 1.70. The third kappa shape index (κ3) is 19.0. The maximum atomic E-state index is 6.57. The molecule has 1 aliphatic rings. The summed E-state index contributed by atoms with van der Waals surface area (Å²) in [4.78, 5) is 42.8. The second kappa shape index (κ2) is 36.3. The van der Waals surface area contributed by atoms with E-state index in [1.54, 1.807) is 86.8 Å². The molecular weight excluding hydrogens is 1590 g/mol. The van der Waals surface area contributed by atoms with E-state index in [0.717, 1.165) is 132 Å². The van der Waals surface area contributed by atoms with Crippen LogP contribution in [0.1, 0.15) is 46.2 Å². The van der Waals surface area contributed by atoms with E-state index in [4.69, 9.17) is 104 Å². The Bertz CT molecular complexity index is 5310. The minimum atomic E-state index is -0.302. The number of nitrogens with zero attached hydrogens (tertiary/aromatic N) is 9. The van der Waals surface area contributed by atoms with Crippen molar-refractivity contribution in [1.82, 2.24) is 44.9 Å². The summed E-state index contributed by atoms with van der Waals surface area (Å²) in [6.07, 6.45) is 15.9. The van der Waals surface area contributed by atoms with Crippen LogP contribution in [0, 0.1) is 0 Å². The van der Waals surface area contributed by atoms with Gasteiger partial charge < -0.3 is 35.1 Å². The number of aromatic nitrogens is 9. The van der Waals surface area contributed by atoms with Crippen LogP contribution in [0.5, 0.6) is 11.5 Å². The molecule has 542 valence electrons. The molecule has 14 aromatic rings. The lowest BCUT2D eigenvalue weighted by molar-refractivity contribution is 0.00578. The van der Waals surface area contributed by atoms with Crippen molar-refractivity contribution in [3.05, 3.63) is 276 Å². The van der Waals surface area contributed by atoms with Crippen LogP contribution in [-0.2, 0) is 22.4 Å². The first-order chi connectivity index (χ1) is 51.3. The van der Waals surface area contributed by atoms with E-state index in [9.17, 15) is 0 Å². The van der Waals surface area contributed by atoms with Crippen LogP contribution in [0.2, 0.25) is 30.1 Å². The van der Waals surface area contributed by atoms with Crippen molar-refractivity contribution < 1.29 is 18.8 Å². The highest BCUT2D eigenvalue weighted by Crippen LogP contribution is 2.47. The molecule has 0 saturated carbocycles. The monoisotopic (exact) mass is 1660 g/mol. The summed E-state index contributed by atoms with van der Waals surface area (Å²) in [7, 11) is 3.01. The van der Waals surface area contributed by atoms with Crippen molar-refractivity contribution in [1.29, 1.82) is 0 Å². The number of thiazole rings is 3. The summed E-state index contributed by atoms with van der Waals surface area (Å²) in [5, 5.41) is 9.92. The van der Waals surface area contributed by atoms with Gasteiger partial charge in [-0.3, -0.25) is 15.0 Å². The number of anilines is 3. The van der Waals surface area contributed by atoms with Crippen LogP contribution in [-0.4, -0.2) is 77.4 Å². The van der Waals surface area contributed by atoms with E-state index in [0.29, 0.717) is 49.0 Å². The van der Waals surface area contributed by atoms with E-state index >= 15 is 0 Å². The Morgan fingerprint density at radius 2 is 0.832 bits per heavy atom. The van der Waals surface area contributed by atoms with Gasteiger partial charge in [-0.15, -0.1) is 34.0 Å². The molecule has 1 aliphatic heterocycles. The Morgan fingerprint density at radius 3 is 1.24 bits per heavy atom. The van der Waals surface area contributed by atoms with Gasteiger partial charge in [-0.2, -0.15) is 0 Å². The van der Waals surface area contributed by atoms with E-state index < -0.39 is 0 Å². The van der Waals surface area contributed by atoms with Gasteiger partial charge in [-0.1, -0.05) is 156 Å². The van der Waals surface area contributed by atoms with Gasteiger partial charge in [0.2, 0.25) is 0 Å². The number of hydrogen-bond donors (Lipinski definition) is 3. The Morgan fingerprint density at radius 1 is 0.439 bits per heavy atom. The van der Waals surface area contributed by atoms with Gasteiger partial charge in [-0.25, -0.2) is 29.9 Å². The first-order valence-corrected chi connectivity index (χ1v) is 38.3. The molecule has 0 amide bonds. The predicted octanol–water partition coefficient (Wildman–Crippen LogP) is 23.3. The number of halogens is 7. The smallest absolute Gasteiger partial charge is 0.496 e. The quantitative estimate of drug-likeness (QED) is 0.0726. The molecule has 15 rings (SSSR count). The van der Waals surface area contributed by atoms with Crippen molar-refractivity contribution in [3.8, 4) is 98.8 Å². The highest BCUT2D eigenvalue weighted by molar-refractivity contribution is 9.10. The highest BCUT2D eigenvalue weighted by Gasteiger charge is 2.51. The summed E-state index contributed by atoms with van der Waals surface area (Å²) < 4.78 is 23.1. The zero-order chi connectivity index (χ0) is 74.5. The van der Waals surface area contributed by atoms with Gasteiger partial charge >= 0.3 is 7.12 Å². The molecule has 27 heteroatoms. The third-order valence-electron chi connectivity index (χ3n) is 17.2. The van der Waals surface area contributed by atoms with Gasteiger partial charge in [0.05, 0.1) is 104 Å². The van der Waals surface area contributed by atoms with Crippen LogP contribution >= 0.6 is 120 Å². The van der Waals surface area contributed by atoms with Crippen molar-refractivity contribution in [3.63, 3.8) is 0 Å². The fraction of sp³-hybridized carbons (Fsp3) is 0.138. The summed E-state index contributed by atoms with van der Waals surface area (Å²) in [5.41, 5.74) is 25.3. The summed E-state index contributed by atoms with van der Waals surface area (Å²) in [5.74, 6) is 3.51. The fourth-order valence-corrected chi connectivity index (χ4v) is 15.1. The van der Waals surface area contributed by atoms with Crippen molar-refractivity contribution in [2.24, 2.45) is 0 Å². The standard InChI is InChI=1S/C27H20Cl2N4OS.C22H16BrCl2N3OS.C19H12Cl2N4S.C11H16BNO2.CH4/c1-34-20-9-7-17(8-10-20)13-31-27-22(12-19(15-32-27)18-4-3-11-30-14-18)25-26(35-16-33-25)21-5-2-6-23(28)24(21)29;1-29-15-7-5-13(6-8-15)10-26-22-17(9-14(23)11-27-22)20-21(30-12-28-20)16-3-2-4-18(24)19(16)25;20-15-5-1-4-13(16(15)21)18-17(25-10-26-18)14-7-12(9-24-19(14)22)11-3-2-6-23-8-11;1-10(2)11(3,4)15-12(14-10)9-6-5-7-13-8-9;/h2-12,14-16H,13H2,1H3,(H,31,32);2-9,11-12H,10H2,1H3,(H,26,27);1-10H,(H2,22,24);5-8H,1-4H3;1H4. The molecule has 0 atom stereocenters. The van der Waals surface area contributed by atoms with Crippen molar-refractivity contribution >= 4 is 150 Å². The second-order valence-corrected chi connectivity index (χ2v) is 30.3. The topological polar surface area (TPSA) is 203 Å². The predicted molar refractivity (Wildman–Crippen MR) is 448 cm³/mol. The molecule has 4 N–H and O–H groups in total. The number of nitrogens with one attached hydrogen (secondary N) is 2. The molecule has 0 unspecified atom stereocenters. The molecule has 9 aromatic heterocycles. The molecule has 1 saturated heterocycles. The Hall–Kier alpha value is -8.91. The van der Waals surface area contributed by atoms with E-state index in [1.807, 2.05) is 179 Å². The van der Waals surface area contributed by atoms with Crippen LogP contribution < -0.4 is 31.3 Å². The van der Waals surface area contributed by atoms with E-state index in [2.05, 4.69) is 67.5 Å². The minimum absolute atomic E-state index is 0. The Kier molecular flexibility index (Phi) is 26.9. The Balaban J connectivity index is 0.000000146. The lowest BCUT2D eigenvalue weighted by Gasteiger charge is -2.32. The third-order valence-corrected chi connectivity index (χ3v) is 22.6. The average molecular weight is 1660 g/mol. The summed E-state index contributed by atoms with van der Waals surface area (Å²) >= 11 is 46.2. The van der Waals surface area contributed by atoms with Gasteiger partial charge in [-0.05, 0) is 134 Å². The number of benzene rings is 5. The number of hydrogen-bond acceptors (Lipinski definition) is 19. The Labute approximate surface area is 672 Å². The molecule has 0 spiro atoms. The van der Waals surface area contributed by atoms with Gasteiger partial charge in [0, 0.05) is 134 Å². The molecule has 0 radical (unpaired) electrons. The van der Waals surface area contributed by atoms with Crippen molar-refractivity contribution in [2.45, 2.75) is 59.4 Å². The van der Waals surface area contributed by atoms with E-state index in [1.165, 1.54) is 34.0 Å². The molecule has 10 heterocycles. The molecule has 107 heavy (non-hydrogen) atoms. The number of rotatable bonds is 17. The lowest BCUT2D eigenvalue weighted by atomic mass is 9.80. The molecule has 5 aromatic carbocycles. The fourth-order valence-electron chi connectivity index (χ4n) is 10.9.